The Hall–Kier alpha value is -1.23. The summed E-state index contributed by atoms with van der Waals surface area (Å²) in [6, 6.07) is 2.58. The van der Waals surface area contributed by atoms with Crippen molar-refractivity contribution in [1.82, 2.24) is 4.72 Å². The second kappa shape index (κ2) is 8.75. The normalized spacial score (nSPS) is 13.7. The first-order valence-corrected chi connectivity index (χ1v) is 10.8. The number of anilines is 1. The van der Waals surface area contributed by atoms with Gasteiger partial charge in [-0.25, -0.2) is 25.9 Å². The van der Waals surface area contributed by atoms with E-state index in [1.54, 1.807) is 0 Å². The lowest BCUT2D eigenvalue weighted by Gasteiger charge is -2.17. The molecule has 1 aromatic rings. The van der Waals surface area contributed by atoms with E-state index in [1.807, 2.05) is 6.92 Å². The van der Waals surface area contributed by atoms with Gasteiger partial charge in [-0.3, -0.25) is 4.72 Å². The fourth-order valence-corrected chi connectivity index (χ4v) is 3.89. The van der Waals surface area contributed by atoms with Crippen LogP contribution in [0.15, 0.2) is 23.1 Å². The Kier molecular flexibility index (Phi) is 7.58. The van der Waals surface area contributed by atoms with Crippen molar-refractivity contribution in [1.29, 1.82) is 0 Å². The van der Waals surface area contributed by atoms with E-state index in [0.29, 0.717) is 6.42 Å². The fourth-order valence-electron chi connectivity index (χ4n) is 1.95. The zero-order chi connectivity index (χ0) is 18.4. The van der Waals surface area contributed by atoms with Gasteiger partial charge in [0.2, 0.25) is 20.0 Å². The van der Waals surface area contributed by atoms with E-state index in [-0.39, 0.29) is 22.9 Å². The second-order valence-electron chi connectivity index (χ2n) is 5.34. The minimum absolute atomic E-state index is 0.135. The quantitative estimate of drug-likeness (QED) is 0.566. The Morgan fingerprint density at radius 1 is 1.21 bits per heavy atom. The highest BCUT2D eigenvalue weighted by Gasteiger charge is 2.21. The van der Waals surface area contributed by atoms with E-state index in [1.165, 1.54) is 6.92 Å². The maximum atomic E-state index is 14.0. The molecule has 0 aliphatic rings. The van der Waals surface area contributed by atoms with Gasteiger partial charge in [-0.05, 0) is 31.5 Å². The van der Waals surface area contributed by atoms with Gasteiger partial charge in [-0.1, -0.05) is 19.8 Å². The molecule has 0 heterocycles. The van der Waals surface area contributed by atoms with Crippen molar-refractivity contribution in [2.24, 2.45) is 5.73 Å². The molecular formula is C14H24FN3O4S2. The maximum Gasteiger partial charge on any atom is 0.240 e. The molecule has 0 aromatic heterocycles. The molecule has 4 N–H and O–H groups in total. The van der Waals surface area contributed by atoms with Crippen molar-refractivity contribution < 1.29 is 21.2 Å². The monoisotopic (exact) mass is 381 g/mol. The summed E-state index contributed by atoms with van der Waals surface area (Å²) >= 11 is 0. The molecule has 0 fully saturated rings. The van der Waals surface area contributed by atoms with E-state index in [4.69, 9.17) is 5.73 Å². The van der Waals surface area contributed by atoms with Crippen molar-refractivity contribution in [2.45, 2.75) is 44.0 Å². The molecule has 1 atom stereocenters. The van der Waals surface area contributed by atoms with Crippen LogP contribution in [0, 0.1) is 5.82 Å². The molecule has 0 saturated heterocycles. The number of unbranched alkanes of at least 4 members (excludes halogenated alkanes) is 1. The zero-order valence-electron chi connectivity index (χ0n) is 13.7. The van der Waals surface area contributed by atoms with Gasteiger partial charge >= 0.3 is 0 Å². The van der Waals surface area contributed by atoms with Crippen LogP contribution < -0.4 is 15.2 Å². The van der Waals surface area contributed by atoms with Gasteiger partial charge in [0.25, 0.3) is 0 Å². The molecule has 0 aliphatic heterocycles. The molecule has 0 amide bonds. The number of halogens is 1. The largest absolute Gasteiger partial charge is 0.329 e. The molecule has 0 spiro atoms. The number of sulfonamides is 2. The minimum atomic E-state index is -3.94. The van der Waals surface area contributed by atoms with Gasteiger partial charge in [0, 0.05) is 12.6 Å². The number of rotatable bonds is 10. The highest BCUT2D eigenvalue weighted by Crippen LogP contribution is 2.20. The molecule has 7 nitrogen and oxygen atoms in total. The van der Waals surface area contributed by atoms with Crippen LogP contribution in [0.1, 0.15) is 33.1 Å². The minimum Gasteiger partial charge on any atom is -0.329 e. The first-order chi connectivity index (χ1) is 11.1. The van der Waals surface area contributed by atoms with Gasteiger partial charge in [-0.2, -0.15) is 0 Å². The smallest absolute Gasteiger partial charge is 0.240 e. The van der Waals surface area contributed by atoms with Crippen LogP contribution in [0.4, 0.5) is 10.1 Å². The molecule has 24 heavy (non-hydrogen) atoms. The van der Waals surface area contributed by atoms with Crippen molar-refractivity contribution >= 4 is 25.7 Å². The lowest BCUT2D eigenvalue weighted by molar-refractivity contribution is 0.515. The summed E-state index contributed by atoms with van der Waals surface area (Å²) in [4.78, 5) is -0.283. The standard InChI is InChI=1S/C14H24FN3O4S2/c1-3-5-6-11(10-16)17-24(21,22)12-7-8-14(13(15)9-12)18-23(19,20)4-2/h7-9,11,17-18H,3-6,10,16H2,1-2H3. The van der Waals surface area contributed by atoms with Gasteiger partial charge in [-0.15, -0.1) is 0 Å². The third-order valence-corrected chi connectivity index (χ3v) is 6.22. The predicted octanol–water partition coefficient (Wildman–Crippen LogP) is 1.38. The first-order valence-electron chi connectivity index (χ1n) is 7.67. The van der Waals surface area contributed by atoms with Crippen LogP contribution in [0.5, 0.6) is 0 Å². The Labute approximate surface area is 142 Å². The van der Waals surface area contributed by atoms with E-state index >= 15 is 0 Å². The van der Waals surface area contributed by atoms with Crippen LogP contribution in [0.25, 0.3) is 0 Å². The molecule has 0 saturated carbocycles. The highest BCUT2D eigenvalue weighted by atomic mass is 32.2. The van der Waals surface area contributed by atoms with Crippen molar-refractivity contribution in [3.8, 4) is 0 Å². The summed E-state index contributed by atoms with van der Waals surface area (Å²) in [5.74, 6) is -1.18. The molecule has 1 rings (SSSR count). The lowest BCUT2D eigenvalue weighted by Crippen LogP contribution is -2.40. The van der Waals surface area contributed by atoms with Crippen LogP contribution in [0.2, 0.25) is 0 Å². The van der Waals surface area contributed by atoms with Crippen LogP contribution in [-0.2, 0) is 20.0 Å². The van der Waals surface area contributed by atoms with E-state index < -0.39 is 31.9 Å². The summed E-state index contributed by atoms with van der Waals surface area (Å²) in [5, 5.41) is 0. The van der Waals surface area contributed by atoms with Gasteiger partial charge in [0.1, 0.15) is 5.82 Å². The lowest BCUT2D eigenvalue weighted by atomic mass is 10.1. The van der Waals surface area contributed by atoms with Crippen LogP contribution in [-0.4, -0.2) is 35.2 Å². The Morgan fingerprint density at radius 3 is 2.38 bits per heavy atom. The van der Waals surface area contributed by atoms with E-state index in [0.717, 1.165) is 31.0 Å². The van der Waals surface area contributed by atoms with Gasteiger partial charge < -0.3 is 5.73 Å². The first kappa shape index (κ1) is 20.8. The van der Waals surface area contributed by atoms with Crippen molar-refractivity contribution in [2.75, 3.05) is 17.0 Å². The Balaban J connectivity index is 2.99. The number of hydrogen-bond acceptors (Lipinski definition) is 5. The molecule has 1 unspecified atom stereocenters. The molecule has 1 aromatic carbocycles. The zero-order valence-corrected chi connectivity index (χ0v) is 15.4. The van der Waals surface area contributed by atoms with Crippen LogP contribution in [0.3, 0.4) is 0 Å². The van der Waals surface area contributed by atoms with Gasteiger partial charge in [0.05, 0.1) is 16.3 Å². The molecule has 10 heteroatoms. The predicted molar refractivity (Wildman–Crippen MR) is 92.2 cm³/mol. The average Bonchev–Trinajstić information content (AvgIpc) is 2.53. The Bertz CT molecular complexity index is 751. The average molecular weight is 381 g/mol. The van der Waals surface area contributed by atoms with Gasteiger partial charge in [0.15, 0.2) is 0 Å². The number of hydrogen-bond donors (Lipinski definition) is 3. The topological polar surface area (TPSA) is 118 Å². The molecule has 0 bridgehead atoms. The SMILES string of the molecule is CCCCC(CN)NS(=O)(=O)c1ccc(NS(=O)(=O)CC)c(F)c1. The van der Waals surface area contributed by atoms with Crippen molar-refractivity contribution in [3.05, 3.63) is 24.0 Å². The van der Waals surface area contributed by atoms with Crippen molar-refractivity contribution in [3.63, 3.8) is 0 Å². The fraction of sp³-hybridized carbons (Fsp3) is 0.571. The third-order valence-electron chi connectivity index (χ3n) is 3.41. The van der Waals surface area contributed by atoms with E-state index in [2.05, 4.69) is 9.44 Å². The number of nitrogens with two attached hydrogens (primary N) is 1. The van der Waals surface area contributed by atoms with E-state index in [9.17, 15) is 21.2 Å². The molecular weight excluding hydrogens is 357 g/mol. The molecule has 0 aliphatic carbocycles. The van der Waals surface area contributed by atoms with Crippen LogP contribution >= 0.6 is 0 Å². The summed E-state index contributed by atoms with van der Waals surface area (Å²) in [7, 11) is -7.59. The summed E-state index contributed by atoms with van der Waals surface area (Å²) in [6.07, 6.45) is 2.30. The summed E-state index contributed by atoms with van der Waals surface area (Å²) < 4.78 is 66.0. The number of nitrogens with one attached hydrogen (secondary N) is 2. The molecule has 0 radical (unpaired) electrons. The third kappa shape index (κ3) is 6.00. The second-order valence-corrected chi connectivity index (χ2v) is 9.07. The number of benzene rings is 1. The Morgan fingerprint density at radius 2 is 1.88 bits per heavy atom. The molecule has 138 valence electrons. The maximum absolute atomic E-state index is 14.0. The summed E-state index contributed by atoms with van der Waals surface area (Å²) in [6.45, 7) is 3.52. The highest BCUT2D eigenvalue weighted by molar-refractivity contribution is 7.92. The summed E-state index contributed by atoms with van der Waals surface area (Å²) in [5.41, 5.74) is 5.27.